The molecule has 39 heavy (non-hydrogen) atoms. The Morgan fingerprint density at radius 1 is 1.03 bits per heavy atom. The van der Waals surface area contributed by atoms with Gasteiger partial charge in [-0.1, -0.05) is 51.4 Å². The van der Waals surface area contributed by atoms with Gasteiger partial charge in [0.25, 0.3) is 5.89 Å². The van der Waals surface area contributed by atoms with Crippen molar-refractivity contribution < 1.29 is 27.6 Å². The summed E-state index contributed by atoms with van der Waals surface area (Å²) in [5, 5.41) is 13.3. The number of hydrogen-bond donors (Lipinski definition) is 1. The highest BCUT2D eigenvalue weighted by Gasteiger charge is 2.40. The Kier molecular flexibility index (Phi) is 6.34. The van der Waals surface area contributed by atoms with E-state index in [1.165, 1.54) is 17.7 Å². The summed E-state index contributed by atoms with van der Waals surface area (Å²) in [6.45, 7) is 3.30. The molecule has 0 bridgehead atoms. The van der Waals surface area contributed by atoms with Gasteiger partial charge in [0, 0.05) is 34.7 Å². The topological polar surface area (TPSA) is 79.5 Å². The molecule has 0 amide bonds. The second kappa shape index (κ2) is 9.60. The summed E-state index contributed by atoms with van der Waals surface area (Å²) in [4.78, 5) is 18.0. The zero-order valence-electron chi connectivity index (χ0n) is 20.8. The highest BCUT2D eigenvalue weighted by molar-refractivity contribution is 9.10. The summed E-state index contributed by atoms with van der Waals surface area (Å²) in [6.07, 6.45) is -3.14. The van der Waals surface area contributed by atoms with Gasteiger partial charge in [-0.25, -0.2) is 0 Å². The first-order valence-electron chi connectivity index (χ1n) is 12.5. The maximum absolute atomic E-state index is 13.8. The van der Waals surface area contributed by atoms with Gasteiger partial charge in [-0.3, -0.25) is 9.69 Å². The van der Waals surface area contributed by atoms with Crippen LogP contribution in [0.5, 0.6) is 0 Å². The van der Waals surface area contributed by atoms with E-state index in [9.17, 15) is 18.0 Å². The van der Waals surface area contributed by atoms with Crippen LogP contribution in [0.3, 0.4) is 0 Å². The molecule has 1 aliphatic heterocycles. The molecular weight excluding hydrogens is 575 g/mol. The van der Waals surface area contributed by atoms with E-state index in [1.54, 1.807) is 31.2 Å². The Hall–Kier alpha value is -3.50. The third-order valence-electron chi connectivity index (χ3n) is 7.68. The average molecular weight is 598 g/mol. The molecule has 1 fully saturated rings. The lowest BCUT2D eigenvalue weighted by atomic mass is 9.79. The van der Waals surface area contributed by atoms with Gasteiger partial charge in [0.05, 0.1) is 11.5 Å². The number of carbonyl (C=O) groups is 1. The molecule has 2 heterocycles. The summed E-state index contributed by atoms with van der Waals surface area (Å²) in [7, 11) is 0. The van der Waals surface area contributed by atoms with Gasteiger partial charge in [0.15, 0.2) is 0 Å². The van der Waals surface area contributed by atoms with Gasteiger partial charge < -0.3 is 9.63 Å². The maximum Gasteiger partial charge on any atom is 0.418 e. The van der Waals surface area contributed by atoms with Crippen LogP contribution < -0.4 is 0 Å². The minimum atomic E-state index is -4.51. The van der Waals surface area contributed by atoms with Crippen molar-refractivity contribution in [1.29, 1.82) is 0 Å². The van der Waals surface area contributed by atoms with Crippen molar-refractivity contribution in [3.8, 4) is 34.0 Å². The molecule has 1 saturated carbocycles. The maximum atomic E-state index is 13.8. The summed E-state index contributed by atoms with van der Waals surface area (Å²) in [5.41, 5.74) is 4.29. The largest absolute Gasteiger partial charge is 0.481 e. The molecule has 0 saturated heterocycles. The van der Waals surface area contributed by atoms with Crippen LogP contribution in [0.2, 0.25) is 0 Å². The molecule has 4 aromatic rings. The number of halogens is 4. The first-order chi connectivity index (χ1) is 18.6. The number of aryl methyl sites for hydroxylation is 1. The molecule has 2 aliphatic rings. The first-order valence-corrected chi connectivity index (χ1v) is 13.3. The smallest absolute Gasteiger partial charge is 0.418 e. The van der Waals surface area contributed by atoms with E-state index < -0.39 is 17.7 Å². The summed E-state index contributed by atoms with van der Waals surface area (Å²) in [6, 6.07) is 15.8. The van der Waals surface area contributed by atoms with Crippen LogP contribution in [0.25, 0.3) is 34.0 Å². The molecule has 0 spiro atoms. The molecule has 3 aromatic carbocycles. The second-order valence-corrected chi connectivity index (χ2v) is 11.0. The zero-order chi connectivity index (χ0) is 27.5. The molecule has 6 nitrogen and oxygen atoms in total. The van der Waals surface area contributed by atoms with E-state index in [0.717, 1.165) is 24.2 Å². The van der Waals surface area contributed by atoms with Gasteiger partial charge in [-0.2, -0.15) is 18.2 Å². The van der Waals surface area contributed by atoms with Crippen LogP contribution in [-0.2, 0) is 24.1 Å². The number of hydrogen-bond acceptors (Lipinski definition) is 5. The van der Waals surface area contributed by atoms with E-state index in [0.29, 0.717) is 35.4 Å². The van der Waals surface area contributed by atoms with Crippen molar-refractivity contribution in [2.24, 2.45) is 5.92 Å². The first kappa shape index (κ1) is 25.8. The zero-order valence-corrected chi connectivity index (χ0v) is 22.4. The molecule has 10 heteroatoms. The number of nitrogens with zero attached hydrogens (tertiary/aromatic N) is 3. The Labute approximate surface area is 230 Å². The number of fused-ring (bicyclic) bond motifs is 1. The predicted molar refractivity (Wildman–Crippen MR) is 141 cm³/mol. The molecule has 1 N–H and O–H groups in total. The molecule has 1 aromatic heterocycles. The van der Waals surface area contributed by atoms with Crippen LogP contribution in [0, 0.1) is 12.8 Å². The summed E-state index contributed by atoms with van der Waals surface area (Å²) >= 11 is 3.05. The Morgan fingerprint density at radius 2 is 1.77 bits per heavy atom. The van der Waals surface area contributed by atoms with E-state index in [1.807, 2.05) is 18.2 Å². The lowest BCUT2D eigenvalue weighted by Crippen LogP contribution is -2.44. The fraction of sp³-hybridized carbons (Fsp3) is 0.276. The van der Waals surface area contributed by atoms with Crippen molar-refractivity contribution in [2.45, 2.75) is 45.1 Å². The van der Waals surface area contributed by atoms with Crippen molar-refractivity contribution in [3.63, 3.8) is 0 Å². The monoisotopic (exact) mass is 597 g/mol. The normalized spacial score (nSPS) is 19.1. The SMILES string of the molecule is Cc1cc(-c2nc(-c3ccc4c(c3)CN(C3CC(C(=O)O)C3)C4)no2)ccc1-c1cccc(Br)c1C(F)(F)F. The highest BCUT2D eigenvalue weighted by atomic mass is 79.9. The lowest BCUT2D eigenvalue weighted by molar-refractivity contribution is -0.147. The van der Waals surface area contributed by atoms with Crippen LogP contribution in [0.15, 0.2) is 63.6 Å². The van der Waals surface area contributed by atoms with Crippen LogP contribution >= 0.6 is 15.9 Å². The second-order valence-electron chi connectivity index (χ2n) is 10.2. The van der Waals surface area contributed by atoms with E-state index in [2.05, 4.69) is 31.0 Å². The number of carboxylic acids is 1. The molecule has 200 valence electrons. The minimum Gasteiger partial charge on any atom is -0.481 e. The average Bonchev–Trinajstić information content (AvgIpc) is 3.49. The molecule has 1 aliphatic carbocycles. The van der Waals surface area contributed by atoms with Crippen LogP contribution in [-0.4, -0.2) is 32.2 Å². The van der Waals surface area contributed by atoms with E-state index >= 15 is 0 Å². The fourth-order valence-corrected chi connectivity index (χ4v) is 6.09. The number of rotatable bonds is 5. The van der Waals surface area contributed by atoms with Crippen LogP contribution in [0.1, 0.15) is 35.1 Å². The van der Waals surface area contributed by atoms with Crippen molar-refractivity contribution in [1.82, 2.24) is 15.0 Å². The number of carboxylic acid groups (broad SMARTS) is 1. The number of aliphatic carboxylic acids is 1. The highest BCUT2D eigenvalue weighted by Crippen LogP contribution is 2.43. The van der Waals surface area contributed by atoms with Gasteiger partial charge in [-0.05, 0) is 71.8 Å². The number of aromatic nitrogens is 2. The predicted octanol–water partition coefficient (Wildman–Crippen LogP) is 7.34. The van der Waals surface area contributed by atoms with Gasteiger partial charge >= 0.3 is 12.1 Å². The standard InChI is InChI=1S/C29H23BrF3N3O3/c1-15-9-17(7-8-22(15)23-3-2-4-24(30)25(23)29(31,32)33)27-34-26(35-39-27)16-5-6-18-13-36(14-20(18)10-16)21-11-19(12-21)28(37)38/h2-10,19,21H,11-14H2,1H3,(H,37,38). The Morgan fingerprint density at radius 3 is 2.49 bits per heavy atom. The fourth-order valence-electron chi connectivity index (χ4n) is 5.50. The summed E-state index contributed by atoms with van der Waals surface area (Å²) < 4.78 is 46.8. The lowest BCUT2D eigenvalue weighted by Gasteiger charge is -2.39. The van der Waals surface area contributed by atoms with Gasteiger partial charge in [0.1, 0.15) is 0 Å². The number of alkyl halides is 3. The van der Waals surface area contributed by atoms with E-state index in [-0.39, 0.29) is 27.9 Å². The van der Waals surface area contributed by atoms with Gasteiger partial charge in [-0.15, -0.1) is 0 Å². The van der Waals surface area contributed by atoms with Crippen LogP contribution in [0.4, 0.5) is 13.2 Å². The van der Waals surface area contributed by atoms with Crippen molar-refractivity contribution >= 4 is 21.9 Å². The molecule has 6 rings (SSSR count). The summed E-state index contributed by atoms with van der Waals surface area (Å²) in [5.74, 6) is -0.261. The van der Waals surface area contributed by atoms with Crippen molar-refractivity contribution in [2.75, 3.05) is 0 Å². The molecular formula is C29H23BrF3N3O3. The van der Waals surface area contributed by atoms with Gasteiger partial charge in [0.2, 0.25) is 5.82 Å². The third kappa shape index (κ3) is 4.76. The van der Waals surface area contributed by atoms with Crippen molar-refractivity contribution in [3.05, 3.63) is 81.3 Å². The molecule has 0 atom stereocenters. The minimum absolute atomic E-state index is 0.00729. The molecule has 0 unspecified atom stereocenters. The Bertz CT molecular complexity index is 1590. The third-order valence-corrected chi connectivity index (χ3v) is 8.34. The quantitative estimate of drug-likeness (QED) is 0.259. The number of benzene rings is 3. The molecule has 0 radical (unpaired) electrons. The van der Waals surface area contributed by atoms with E-state index in [4.69, 9.17) is 9.63 Å². The Balaban J connectivity index is 1.22.